The zero-order chi connectivity index (χ0) is 10.8. The average Bonchev–Trinajstić information content (AvgIpc) is 2.74. The van der Waals surface area contributed by atoms with E-state index in [1.807, 2.05) is 6.07 Å². The summed E-state index contributed by atoms with van der Waals surface area (Å²) in [6, 6.07) is 1.85. The normalized spacial score (nSPS) is 17.2. The lowest BCUT2D eigenvalue weighted by Gasteiger charge is -2.12. The summed E-state index contributed by atoms with van der Waals surface area (Å²) in [4.78, 5) is 14.6. The molecule has 1 aromatic rings. The quantitative estimate of drug-likeness (QED) is 0.866. The van der Waals surface area contributed by atoms with Gasteiger partial charge in [0.25, 0.3) is 5.56 Å². The van der Waals surface area contributed by atoms with Gasteiger partial charge in [0, 0.05) is 28.2 Å². The minimum absolute atomic E-state index is 0.0393. The Morgan fingerprint density at radius 3 is 2.73 bits per heavy atom. The maximum absolute atomic E-state index is 11.6. The van der Waals surface area contributed by atoms with Crippen molar-refractivity contribution in [1.29, 1.82) is 0 Å². The van der Waals surface area contributed by atoms with Crippen LogP contribution in [0, 0.1) is 0 Å². The van der Waals surface area contributed by atoms with E-state index < -0.39 is 0 Å². The molecule has 82 valence electrons. The van der Waals surface area contributed by atoms with Crippen molar-refractivity contribution in [2.75, 3.05) is 0 Å². The van der Waals surface area contributed by atoms with Crippen molar-refractivity contribution >= 4 is 15.9 Å². The number of rotatable bonds is 2. The predicted octanol–water partition coefficient (Wildman–Crippen LogP) is 2.25. The zero-order valence-electron chi connectivity index (χ0n) is 8.55. The van der Waals surface area contributed by atoms with Crippen molar-refractivity contribution in [2.45, 2.75) is 38.1 Å². The summed E-state index contributed by atoms with van der Waals surface area (Å²) >= 11 is 3.51. The number of hydrogen-bond acceptors (Lipinski definition) is 2. The van der Waals surface area contributed by atoms with E-state index in [2.05, 4.69) is 20.9 Å². The molecule has 0 aromatic carbocycles. The molecule has 0 amide bonds. The molecule has 0 saturated heterocycles. The van der Waals surface area contributed by atoms with Crippen LogP contribution in [-0.2, 0) is 6.54 Å². The zero-order valence-corrected chi connectivity index (χ0v) is 10.1. The van der Waals surface area contributed by atoms with E-state index in [-0.39, 0.29) is 5.56 Å². The molecule has 1 aromatic heterocycles. The molecule has 3 N–H and O–H groups in total. The second-order valence-electron chi connectivity index (χ2n) is 4.07. The van der Waals surface area contributed by atoms with Gasteiger partial charge in [0.1, 0.15) is 0 Å². The Hall–Kier alpha value is -0.610. The molecule has 0 radical (unpaired) electrons. The highest BCUT2D eigenvalue weighted by Crippen LogP contribution is 2.35. The first-order valence-electron chi connectivity index (χ1n) is 5.34. The molecule has 0 spiro atoms. The average molecular weight is 271 g/mol. The monoisotopic (exact) mass is 270 g/mol. The molecule has 1 aliphatic rings. The predicted molar refractivity (Wildman–Crippen MR) is 63.9 cm³/mol. The molecular weight excluding hydrogens is 256 g/mol. The number of aromatic nitrogens is 1. The lowest BCUT2D eigenvalue weighted by Crippen LogP contribution is -2.18. The van der Waals surface area contributed by atoms with Crippen LogP contribution in [0.2, 0.25) is 0 Å². The number of nitrogens with one attached hydrogen (secondary N) is 1. The van der Waals surface area contributed by atoms with Gasteiger partial charge >= 0.3 is 0 Å². The minimum Gasteiger partial charge on any atom is -0.326 e. The van der Waals surface area contributed by atoms with Gasteiger partial charge in [-0.2, -0.15) is 0 Å². The summed E-state index contributed by atoms with van der Waals surface area (Å²) in [5.74, 6) is 0.513. The van der Waals surface area contributed by atoms with E-state index in [4.69, 9.17) is 5.73 Å². The minimum atomic E-state index is -0.0393. The Bertz CT molecular complexity index is 408. The van der Waals surface area contributed by atoms with Gasteiger partial charge in [0.05, 0.1) is 0 Å². The first-order valence-corrected chi connectivity index (χ1v) is 6.13. The number of nitrogens with two attached hydrogens (primary N) is 1. The topological polar surface area (TPSA) is 58.9 Å². The molecular formula is C11H15BrN2O. The third kappa shape index (κ3) is 2.16. The summed E-state index contributed by atoms with van der Waals surface area (Å²) in [6.45, 7) is 0.291. The summed E-state index contributed by atoms with van der Waals surface area (Å²) in [7, 11) is 0. The molecule has 0 unspecified atom stereocenters. The van der Waals surface area contributed by atoms with E-state index in [1.54, 1.807) is 0 Å². The van der Waals surface area contributed by atoms with E-state index in [1.165, 1.54) is 25.7 Å². The maximum Gasteiger partial charge on any atom is 0.252 e. The highest BCUT2D eigenvalue weighted by Gasteiger charge is 2.20. The van der Waals surface area contributed by atoms with Gasteiger partial charge in [-0.05, 0) is 34.8 Å². The standard InChI is InChI=1S/C11H15BrN2O/c12-9-5-8(6-13)11(15)14-10(9)7-3-1-2-4-7/h5,7H,1-4,6,13H2,(H,14,15). The first-order chi connectivity index (χ1) is 7.22. The summed E-state index contributed by atoms with van der Waals surface area (Å²) in [6.07, 6.45) is 4.88. The fourth-order valence-corrected chi connectivity index (χ4v) is 2.92. The SMILES string of the molecule is NCc1cc(Br)c(C2CCCC2)[nH]c1=O. The fourth-order valence-electron chi connectivity index (χ4n) is 2.22. The van der Waals surface area contributed by atoms with Crippen LogP contribution in [0.15, 0.2) is 15.3 Å². The third-order valence-corrected chi connectivity index (χ3v) is 3.74. The van der Waals surface area contributed by atoms with Crippen LogP contribution in [-0.4, -0.2) is 4.98 Å². The molecule has 2 rings (SSSR count). The van der Waals surface area contributed by atoms with E-state index in [9.17, 15) is 4.79 Å². The Balaban J connectivity index is 2.39. The second kappa shape index (κ2) is 4.49. The lowest BCUT2D eigenvalue weighted by atomic mass is 10.0. The highest BCUT2D eigenvalue weighted by atomic mass is 79.9. The fraction of sp³-hybridized carbons (Fsp3) is 0.545. The van der Waals surface area contributed by atoms with Crippen molar-refractivity contribution in [1.82, 2.24) is 4.98 Å². The highest BCUT2D eigenvalue weighted by molar-refractivity contribution is 9.10. The molecule has 1 heterocycles. The van der Waals surface area contributed by atoms with Crippen molar-refractivity contribution in [3.8, 4) is 0 Å². The second-order valence-corrected chi connectivity index (χ2v) is 4.93. The van der Waals surface area contributed by atoms with E-state index in [0.717, 1.165) is 10.2 Å². The summed E-state index contributed by atoms with van der Waals surface area (Å²) < 4.78 is 0.995. The van der Waals surface area contributed by atoms with Gasteiger partial charge in [-0.15, -0.1) is 0 Å². The molecule has 1 saturated carbocycles. The van der Waals surface area contributed by atoms with Gasteiger partial charge in [0.15, 0.2) is 0 Å². The number of hydrogen-bond donors (Lipinski definition) is 2. The number of H-pyrrole nitrogens is 1. The van der Waals surface area contributed by atoms with Gasteiger partial charge < -0.3 is 10.7 Å². The van der Waals surface area contributed by atoms with Crippen molar-refractivity contribution in [3.05, 3.63) is 32.2 Å². The summed E-state index contributed by atoms with van der Waals surface area (Å²) in [5, 5.41) is 0. The van der Waals surface area contributed by atoms with Gasteiger partial charge in [-0.1, -0.05) is 12.8 Å². The van der Waals surface area contributed by atoms with E-state index in [0.29, 0.717) is 18.0 Å². The van der Waals surface area contributed by atoms with Crippen molar-refractivity contribution in [2.24, 2.45) is 5.73 Å². The Morgan fingerprint density at radius 2 is 2.13 bits per heavy atom. The van der Waals surface area contributed by atoms with Crippen LogP contribution in [0.25, 0.3) is 0 Å². The first kappa shape index (κ1) is 10.9. The molecule has 0 bridgehead atoms. The van der Waals surface area contributed by atoms with Crippen LogP contribution < -0.4 is 11.3 Å². The molecule has 0 aliphatic heterocycles. The van der Waals surface area contributed by atoms with Gasteiger partial charge in [-0.25, -0.2) is 0 Å². The molecule has 0 atom stereocenters. The number of pyridine rings is 1. The number of halogens is 1. The van der Waals surface area contributed by atoms with Crippen molar-refractivity contribution < 1.29 is 0 Å². The van der Waals surface area contributed by atoms with E-state index >= 15 is 0 Å². The smallest absolute Gasteiger partial charge is 0.252 e. The summed E-state index contributed by atoms with van der Waals surface area (Å²) in [5.41, 5.74) is 7.14. The van der Waals surface area contributed by atoms with Crippen LogP contribution >= 0.6 is 15.9 Å². The largest absolute Gasteiger partial charge is 0.326 e. The Kier molecular flexibility index (Phi) is 3.26. The number of aromatic amines is 1. The van der Waals surface area contributed by atoms with Crippen LogP contribution in [0.4, 0.5) is 0 Å². The molecule has 1 aliphatic carbocycles. The van der Waals surface area contributed by atoms with Crippen molar-refractivity contribution in [3.63, 3.8) is 0 Å². The van der Waals surface area contributed by atoms with Gasteiger partial charge in [0.2, 0.25) is 0 Å². The molecule has 15 heavy (non-hydrogen) atoms. The molecule has 1 fully saturated rings. The van der Waals surface area contributed by atoms with Crippen LogP contribution in [0.5, 0.6) is 0 Å². The van der Waals surface area contributed by atoms with Gasteiger partial charge in [-0.3, -0.25) is 4.79 Å². The van der Waals surface area contributed by atoms with Crippen LogP contribution in [0.1, 0.15) is 42.9 Å². The molecule has 4 heteroatoms. The Morgan fingerprint density at radius 1 is 1.47 bits per heavy atom. The van der Waals surface area contributed by atoms with Crippen LogP contribution in [0.3, 0.4) is 0 Å². The molecule has 3 nitrogen and oxygen atoms in total. The maximum atomic E-state index is 11.6. The Labute approximate surface area is 97.2 Å². The lowest BCUT2D eigenvalue weighted by molar-refractivity contribution is 0.687. The third-order valence-electron chi connectivity index (χ3n) is 3.08.